The van der Waals surface area contributed by atoms with Gasteiger partial charge in [-0.25, -0.2) is 4.68 Å². The van der Waals surface area contributed by atoms with E-state index >= 15 is 0 Å². The standard InChI is InChI=1S/C28H25N3O2/c1-20-27-25(29-31(28(27)33)23-15-9-4-10-16-23)19-26(32)30(20)18-17-24(21-11-5-2-6-12-21)22-13-7-3-8-14-22/h2-16,19,24,29H,17-18H2,1H3. The van der Waals surface area contributed by atoms with Crippen molar-refractivity contribution < 1.29 is 0 Å². The van der Waals surface area contributed by atoms with E-state index in [2.05, 4.69) is 29.4 Å². The highest BCUT2D eigenvalue weighted by Crippen LogP contribution is 2.28. The van der Waals surface area contributed by atoms with E-state index in [0.717, 1.165) is 12.1 Å². The zero-order valence-corrected chi connectivity index (χ0v) is 18.4. The van der Waals surface area contributed by atoms with Gasteiger partial charge in [-0.05, 0) is 36.6 Å². The molecule has 5 rings (SSSR count). The van der Waals surface area contributed by atoms with Crippen LogP contribution in [0.2, 0.25) is 0 Å². The lowest BCUT2D eigenvalue weighted by Crippen LogP contribution is -2.24. The predicted molar refractivity (Wildman–Crippen MR) is 132 cm³/mol. The van der Waals surface area contributed by atoms with Gasteiger partial charge in [-0.15, -0.1) is 0 Å². The van der Waals surface area contributed by atoms with Crippen LogP contribution in [0, 0.1) is 6.92 Å². The first-order valence-electron chi connectivity index (χ1n) is 11.1. The third kappa shape index (κ3) is 3.94. The first-order chi connectivity index (χ1) is 16.1. The van der Waals surface area contributed by atoms with E-state index in [1.807, 2.05) is 73.7 Å². The van der Waals surface area contributed by atoms with Crippen LogP contribution in [0.4, 0.5) is 0 Å². The molecular formula is C28H25N3O2. The van der Waals surface area contributed by atoms with Crippen LogP contribution in [0.25, 0.3) is 16.6 Å². The molecule has 0 fully saturated rings. The number of H-pyrrole nitrogens is 1. The third-order valence-electron chi connectivity index (χ3n) is 6.28. The summed E-state index contributed by atoms with van der Waals surface area (Å²) in [6, 6.07) is 31.6. The molecule has 2 heterocycles. The van der Waals surface area contributed by atoms with Gasteiger partial charge in [-0.3, -0.25) is 14.7 Å². The van der Waals surface area contributed by atoms with Crippen molar-refractivity contribution in [2.45, 2.75) is 25.8 Å². The minimum absolute atomic E-state index is 0.110. The van der Waals surface area contributed by atoms with Crippen LogP contribution in [-0.2, 0) is 6.54 Å². The lowest BCUT2D eigenvalue weighted by molar-refractivity contribution is 0.573. The maximum Gasteiger partial charge on any atom is 0.280 e. The van der Waals surface area contributed by atoms with E-state index in [1.165, 1.54) is 21.9 Å². The number of aryl methyl sites for hydroxylation is 1. The van der Waals surface area contributed by atoms with Crippen LogP contribution in [0.1, 0.15) is 29.2 Å². The van der Waals surface area contributed by atoms with Crippen molar-refractivity contribution in [3.05, 3.63) is 135 Å². The van der Waals surface area contributed by atoms with Gasteiger partial charge in [0, 0.05) is 24.2 Å². The maximum absolute atomic E-state index is 13.2. The monoisotopic (exact) mass is 435 g/mol. The maximum atomic E-state index is 13.2. The number of benzene rings is 3. The molecule has 5 nitrogen and oxygen atoms in total. The van der Waals surface area contributed by atoms with Crippen molar-refractivity contribution >= 4 is 10.9 Å². The smallest absolute Gasteiger partial charge is 0.280 e. The SMILES string of the molecule is Cc1c2c(=O)n(-c3ccccc3)[nH]c2cc(=O)n1CCC(c1ccccc1)c1ccccc1. The molecule has 0 saturated heterocycles. The van der Waals surface area contributed by atoms with E-state index in [-0.39, 0.29) is 17.0 Å². The Morgan fingerprint density at radius 2 is 1.33 bits per heavy atom. The van der Waals surface area contributed by atoms with Crippen molar-refractivity contribution in [1.82, 2.24) is 14.3 Å². The van der Waals surface area contributed by atoms with Crippen molar-refractivity contribution in [1.29, 1.82) is 0 Å². The average Bonchev–Trinajstić information content (AvgIpc) is 3.19. The number of hydrogen-bond donors (Lipinski definition) is 1. The predicted octanol–water partition coefficient (Wildman–Crippen LogP) is 5.01. The average molecular weight is 436 g/mol. The summed E-state index contributed by atoms with van der Waals surface area (Å²) in [6.45, 7) is 2.37. The minimum atomic E-state index is -0.148. The van der Waals surface area contributed by atoms with Gasteiger partial charge in [0.25, 0.3) is 11.1 Å². The van der Waals surface area contributed by atoms with Crippen LogP contribution in [0.3, 0.4) is 0 Å². The zero-order chi connectivity index (χ0) is 22.8. The molecule has 0 aliphatic rings. The van der Waals surface area contributed by atoms with Crippen LogP contribution in [0.15, 0.2) is 107 Å². The van der Waals surface area contributed by atoms with Gasteiger partial charge in [0.2, 0.25) is 0 Å². The summed E-state index contributed by atoms with van der Waals surface area (Å²) < 4.78 is 3.23. The number of pyridine rings is 1. The first kappa shape index (κ1) is 20.8. The molecule has 0 unspecified atom stereocenters. The van der Waals surface area contributed by atoms with E-state index in [4.69, 9.17) is 0 Å². The molecule has 164 valence electrons. The fourth-order valence-corrected chi connectivity index (χ4v) is 4.60. The summed E-state index contributed by atoms with van der Waals surface area (Å²) in [4.78, 5) is 26.2. The topological polar surface area (TPSA) is 59.8 Å². The molecule has 5 aromatic rings. The Kier molecular flexibility index (Phi) is 5.53. The molecule has 5 heteroatoms. The minimum Gasteiger partial charge on any atom is -0.312 e. The number of rotatable bonds is 6. The van der Waals surface area contributed by atoms with Crippen molar-refractivity contribution in [3.63, 3.8) is 0 Å². The van der Waals surface area contributed by atoms with E-state index in [0.29, 0.717) is 23.1 Å². The van der Waals surface area contributed by atoms with Gasteiger partial charge in [0.05, 0.1) is 16.6 Å². The molecule has 0 aliphatic carbocycles. The van der Waals surface area contributed by atoms with Crippen molar-refractivity contribution in [3.8, 4) is 5.69 Å². The lowest BCUT2D eigenvalue weighted by Gasteiger charge is -2.20. The fraction of sp³-hybridized carbons (Fsp3) is 0.143. The summed E-state index contributed by atoms with van der Waals surface area (Å²) in [5.41, 5.74) is 4.16. The zero-order valence-electron chi connectivity index (χ0n) is 18.4. The first-order valence-corrected chi connectivity index (χ1v) is 11.1. The van der Waals surface area contributed by atoms with Gasteiger partial charge in [0.1, 0.15) is 0 Å². The largest absolute Gasteiger partial charge is 0.312 e. The normalized spacial score (nSPS) is 11.3. The van der Waals surface area contributed by atoms with E-state index in [9.17, 15) is 9.59 Å². The second-order valence-electron chi connectivity index (χ2n) is 8.26. The van der Waals surface area contributed by atoms with Gasteiger partial charge in [-0.1, -0.05) is 78.9 Å². The Hall–Kier alpha value is -4.12. The number of nitrogens with zero attached hydrogens (tertiary/aromatic N) is 2. The Morgan fingerprint density at radius 1 is 0.788 bits per heavy atom. The molecule has 0 aliphatic heterocycles. The Bertz CT molecular complexity index is 1460. The molecule has 33 heavy (non-hydrogen) atoms. The molecular weight excluding hydrogens is 410 g/mol. The highest BCUT2D eigenvalue weighted by atomic mass is 16.1. The summed E-state index contributed by atoms with van der Waals surface area (Å²) in [6.07, 6.45) is 0.748. The number of hydrogen-bond acceptors (Lipinski definition) is 2. The number of fused-ring (bicyclic) bond motifs is 1. The van der Waals surface area contributed by atoms with Crippen LogP contribution in [0.5, 0.6) is 0 Å². The molecule has 0 atom stereocenters. The third-order valence-corrected chi connectivity index (χ3v) is 6.28. The molecule has 0 bridgehead atoms. The fourth-order valence-electron chi connectivity index (χ4n) is 4.60. The second-order valence-corrected chi connectivity index (χ2v) is 8.26. The number of aromatic nitrogens is 3. The second kappa shape index (κ2) is 8.79. The molecule has 0 saturated carbocycles. The van der Waals surface area contributed by atoms with Crippen molar-refractivity contribution in [2.24, 2.45) is 0 Å². The van der Waals surface area contributed by atoms with Crippen LogP contribution < -0.4 is 11.1 Å². The lowest BCUT2D eigenvalue weighted by atomic mass is 9.88. The quantitative estimate of drug-likeness (QED) is 0.408. The van der Waals surface area contributed by atoms with Crippen LogP contribution >= 0.6 is 0 Å². The highest BCUT2D eigenvalue weighted by Gasteiger charge is 2.18. The molecule has 1 N–H and O–H groups in total. The highest BCUT2D eigenvalue weighted by molar-refractivity contribution is 5.80. The molecule has 3 aromatic carbocycles. The van der Waals surface area contributed by atoms with E-state index in [1.54, 1.807) is 4.57 Å². The summed E-state index contributed by atoms with van der Waals surface area (Å²) in [5, 5.41) is 3.65. The molecule has 2 aromatic heterocycles. The number of nitrogens with one attached hydrogen (secondary N) is 1. The number of aromatic amines is 1. The summed E-state index contributed by atoms with van der Waals surface area (Å²) in [7, 11) is 0. The Labute approximate surface area is 191 Å². The van der Waals surface area contributed by atoms with E-state index < -0.39 is 0 Å². The molecule has 0 spiro atoms. The molecule has 0 amide bonds. The number of para-hydroxylation sites is 1. The Morgan fingerprint density at radius 3 is 1.91 bits per heavy atom. The Balaban J connectivity index is 1.54. The van der Waals surface area contributed by atoms with Gasteiger partial charge < -0.3 is 4.57 Å². The van der Waals surface area contributed by atoms with Crippen molar-refractivity contribution in [2.75, 3.05) is 0 Å². The van der Waals surface area contributed by atoms with Gasteiger partial charge in [-0.2, -0.15) is 0 Å². The van der Waals surface area contributed by atoms with Gasteiger partial charge >= 0.3 is 0 Å². The molecule has 0 radical (unpaired) electrons. The van der Waals surface area contributed by atoms with Crippen LogP contribution in [-0.4, -0.2) is 14.3 Å². The van der Waals surface area contributed by atoms with Gasteiger partial charge in [0.15, 0.2) is 0 Å². The summed E-state index contributed by atoms with van der Waals surface area (Å²) >= 11 is 0. The summed E-state index contributed by atoms with van der Waals surface area (Å²) in [5.74, 6) is 0.154.